The Bertz CT molecular complexity index is 361. The molecule has 1 unspecified atom stereocenters. The molecule has 0 aliphatic heterocycles. The Morgan fingerprint density at radius 1 is 1.06 bits per heavy atom. The van der Waals surface area contributed by atoms with Crippen molar-refractivity contribution >= 4 is 0 Å². The van der Waals surface area contributed by atoms with Gasteiger partial charge >= 0.3 is 0 Å². The van der Waals surface area contributed by atoms with E-state index in [0.29, 0.717) is 5.92 Å². The third-order valence-electron chi connectivity index (χ3n) is 3.94. The van der Waals surface area contributed by atoms with Gasteiger partial charge < -0.3 is 0 Å². The quantitative estimate of drug-likeness (QED) is 0.661. The summed E-state index contributed by atoms with van der Waals surface area (Å²) in [5.74, 6) is 0.688. The third kappa shape index (κ3) is 2.48. The van der Waals surface area contributed by atoms with Crippen LogP contribution in [0, 0.1) is 20.8 Å². The minimum Gasteiger partial charge on any atom is -0.0651 e. The molecule has 1 aromatic rings. The molecule has 0 aliphatic carbocycles. The van der Waals surface area contributed by atoms with Crippen molar-refractivity contribution < 1.29 is 0 Å². The number of hydrogen-bond donors (Lipinski definition) is 0. The van der Waals surface area contributed by atoms with Crippen molar-refractivity contribution in [2.75, 3.05) is 0 Å². The highest BCUT2D eigenvalue weighted by atomic mass is 14.2. The second kappa shape index (κ2) is 5.52. The standard InChI is InChI=1S/C16H26/c1-7-9-15-12(4)10-16(11(3)8-2)14(6)13(15)5/h10-11H,7-9H2,1-6H3. The molecule has 0 heterocycles. The maximum Gasteiger partial charge on any atom is -0.0190 e. The molecular formula is C16H26. The fourth-order valence-corrected chi connectivity index (χ4v) is 2.53. The first-order chi connectivity index (χ1) is 7.52. The molecule has 1 atom stereocenters. The Hall–Kier alpha value is -0.780. The maximum absolute atomic E-state index is 2.42. The average Bonchev–Trinajstić information content (AvgIpc) is 2.28. The van der Waals surface area contributed by atoms with Crippen LogP contribution >= 0.6 is 0 Å². The molecule has 1 aromatic carbocycles. The van der Waals surface area contributed by atoms with E-state index in [-0.39, 0.29) is 0 Å². The smallest absolute Gasteiger partial charge is 0.0190 e. The molecule has 0 aliphatic rings. The van der Waals surface area contributed by atoms with Crippen LogP contribution in [0.15, 0.2) is 6.07 Å². The highest BCUT2D eigenvalue weighted by Gasteiger charge is 2.12. The van der Waals surface area contributed by atoms with Gasteiger partial charge in [0.2, 0.25) is 0 Å². The Morgan fingerprint density at radius 2 is 1.69 bits per heavy atom. The van der Waals surface area contributed by atoms with Gasteiger partial charge in [0.1, 0.15) is 0 Å². The molecule has 0 bridgehead atoms. The zero-order chi connectivity index (χ0) is 12.3. The molecule has 0 N–H and O–H groups in total. The highest BCUT2D eigenvalue weighted by molar-refractivity contribution is 5.45. The lowest BCUT2D eigenvalue weighted by Gasteiger charge is -2.20. The van der Waals surface area contributed by atoms with Crippen LogP contribution in [0.2, 0.25) is 0 Å². The van der Waals surface area contributed by atoms with Gasteiger partial charge in [-0.25, -0.2) is 0 Å². The first-order valence-corrected chi connectivity index (χ1v) is 6.62. The first kappa shape index (κ1) is 13.3. The minimum atomic E-state index is 0.688. The fraction of sp³-hybridized carbons (Fsp3) is 0.625. The van der Waals surface area contributed by atoms with Gasteiger partial charge in [0.15, 0.2) is 0 Å². The van der Waals surface area contributed by atoms with E-state index >= 15 is 0 Å². The summed E-state index contributed by atoms with van der Waals surface area (Å²) in [6.45, 7) is 13.7. The average molecular weight is 218 g/mol. The largest absolute Gasteiger partial charge is 0.0651 e. The van der Waals surface area contributed by atoms with Gasteiger partial charge in [-0.1, -0.05) is 33.3 Å². The van der Waals surface area contributed by atoms with E-state index in [4.69, 9.17) is 0 Å². The summed E-state index contributed by atoms with van der Waals surface area (Å²) >= 11 is 0. The fourth-order valence-electron chi connectivity index (χ4n) is 2.53. The molecule has 1 rings (SSSR count). The SMILES string of the molecule is CCCc1c(C)cc(C(C)CC)c(C)c1C. The maximum atomic E-state index is 2.42. The molecule has 0 nitrogen and oxygen atoms in total. The summed E-state index contributed by atoms with van der Waals surface area (Å²) in [4.78, 5) is 0. The summed E-state index contributed by atoms with van der Waals surface area (Å²) in [6.07, 6.45) is 3.69. The number of aryl methyl sites for hydroxylation is 1. The molecular weight excluding hydrogens is 192 g/mol. The predicted octanol–water partition coefficient (Wildman–Crippen LogP) is 5.08. The van der Waals surface area contributed by atoms with Crippen LogP contribution in [-0.4, -0.2) is 0 Å². The van der Waals surface area contributed by atoms with Crippen molar-refractivity contribution in [3.8, 4) is 0 Å². The van der Waals surface area contributed by atoms with E-state index in [9.17, 15) is 0 Å². The first-order valence-electron chi connectivity index (χ1n) is 6.62. The van der Waals surface area contributed by atoms with Gasteiger partial charge in [-0.15, -0.1) is 0 Å². The van der Waals surface area contributed by atoms with Gasteiger partial charge in [0, 0.05) is 0 Å². The van der Waals surface area contributed by atoms with Gasteiger partial charge in [0.25, 0.3) is 0 Å². The van der Waals surface area contributed by atoms with Crippen LogP contribution in [0.1, 0.15) is 67.3 Å². The summed E-state index contributed by atoms with van der Waals surface area (Å²) in [5.41, 5.74) is 7.66. The molecule has 0 fully saturated rings. The van der Waals surface area contributed by atoms with Crippen molar-refractivity contribution in [2.45, 2.75) is 66.7 Å². The van der Waals surface area contributed by atoms with Gasteiger partial charge in [-0.05, 0) is 67.3 Å². The van der Waals surface area contributed by atoms with E-state index in [1.807, 2.05) is 0 Å². The van der Waals surface area contributed by atoms with Crippen LogP contribution in [0.5, 0.6) is 0 Å². The zero-order valence-electron chi connectivity index (χ0n) is 11.8. The Balaban J connectivity index is 3.27. The van der Waals surface area contributed by atoms with Crippen molar-refractivity contribution in [1.82, 2.24) is 0 Å². The Morgan fingerprint density at radius 3 is 2.19 bits per heavy atom. The molecule has 90 valence electrons. The van der Waals surface area contributed by atoms with E-state index in [1.165, 1.54) is 36.0 Å². The van der Waals surface area contributed by atoms with Crippen molar-refractivity contribution in [1.29, 1.82) is 0 Å². The molecule has 0 heteroatoms. The van der Waals surface area contributed by atoms with Gasteiger partial charge in [-0.3, -0.25) is 0 Å². The predicted molar refractivity (Wildman–Crippen MR) is 73.4 cm³/mol. The van der Waals surface area contributed by atoms with Gasteiger partial charge in [0.05, 0.1) is 0 Å². The lowest BCUT2D eigenvalue weighted by atomic mass is 9.86. The van der Waals surface area contributed by atoms with E-state index < -0.39 is 0 Å². The molecule has 0 saturated carbocycles. The van der Waals surface area contributed by atoms with E-state index in [2.05, 4.69) is 47.6 Å². The van der Waals surface area contributed by atoms with Crippen molar-refractivity contribution in [2.24, 2.45) is 0 Å². The molecule has 0 spiro atoms. The molecule has 0 aromatic heterocycles. The normalized spacial score (nSPS) is 12.9. The molecule has 0 amide bonds. The second-order valence-corrected chi connectivity index (χ2v) is 5.07. The molecule has 16 heavy (non-hydrogen) atoms. The topological polar surface area (TPSA) is 0 Å². The van der Waals surface area contributed by atoms with E-state index in [0.717, 1.165) is 0 Å². The van der Waals surface area contributed by atoms with Crippen LogP contribution in [0.3, 0.4) is 0 Å². The number of benzene rings is 1. The number of rotatable bonds is 4. The van der Waals surface area contributed by atoms with Crippen LogP contribution in [0.4, 0.5) is 0 Å². The van der Waals surface area contributed by atoms with E-state index in [1.54, 1.807) is 11.1 Å². The van der Waals surface area contributed by atoms with Crippen LogP contribution in [-0.2, 0) is 6.42 Å². The molecule has 0 radical (unpaired) electrons. The third-order valence-corrected chi connectivity index (χ3v) is 3.94. The number of hydrogen-bond acceptors (Lipinski definition) is 0. The Kier molecular flexibility index (Phi) is 4.58. The zero-order valence-corrected chi connectivity index (χ0v) is 11.8. The lowest BCUT2D eigenvalue weighted by molar-refractivity contribution is 0.724. The summed E-state index contributed by atoms with van der Waals surface area (Å²) in [5, 5.41) is 0. The molecule has 0 saturated heterocycles. The summed E-state index contributed by atoms with van der Waals surface area (Å²) in [6, 6.07) is 2.42. The van der Waals surface area contributed by atoms with Crippen molar-refractivity contribution in [3.05, 3.63) is 33.9 Å². The van der Waals surface area contributed by atoms with Crippen LogP contribution < -0.4 is 0 Å². The second-order valence-electron chi connectivity index (χ2n) is 5.07. The van der Waals surface area contributed by atoms with Crippen LogP contribution in [0.25, 0.3) is 0 Å². The highest BCUT2D eigenvalue weighted by Crippen LogP contribution is 2.29. The summed E-state index contributed by atoms with van der Waals surface area (Å²) < 4.78 is 0. The Labute approximate surface area is 101 Å². The monoisotopic (exact) mass is 218 g/mol. The van der Waals surface area contributed by atoms with Gasteiger partial charge in [-0.2, -0.15) is 0 Å². The van der Waals surface area contributed by atoms with Crippen molar-refractivity contribution in [3.63, 3.8) is 0 Å². The minimum absolute atomic E-state index is 0.688. The summed E-state index contributed by atoms with van der Waals surface area (Å²) in [7, 11) is 0. The lowest BCUT2D eigenvalue weighted by Crippen LogP contribution is -2.03.